The van der Waals surface area contributed by atoms with E-state index in [2.05, 4.69) is 59.1 Å². The van der Waals surface area contributed by atoms with Gasteiger partial charge >= 0.3 is 0 Å². The number of nitrogens with one attached hydrogen (secondary N) is 1. The summed E-state index contributed by atoms with van der Waals surface area (Å²) in [5.41, 5.74) is 1.40. The van der Waals surface area contributed by atoms with E-state index in [0.29, 0.717) is 12.1 Å². The van der Waals surface area contributed by atoms with Crippen molar-refractivity contribution in [3.8, 4) is 0 Å². The molecule has 1 aromatic rings. The van der Waals surface area contributed by atoms with Crippen molar-refractivity contribution in [1.82, 2.24) is 5.32 Å². The van der Waals surface area contributed by atoms with Crippen LogP contribution in [-0.2, 0) is 11.2 Å². The second kappa shape index (κ2) is 6.71. The van der Waals surface area contributed by atoms with E-state index in [1.165, 1.54) is 22.0 Å². The lowest BCUT2D eigenvalue weighted by atomic mass is 9.99. The monoisotopic (exact) mass is 345 g/mol. The Kier molecular flexibility index (Phi) is 5.25. The molecule has 2 atom stereocenters. The first kappa shape index (κ1) is 13.3. The molecule has 1 fully saturated rings. The fraction of sp³-hybridized carbons (Fsp3) is 0.571. The molecule has 2 nitrogen and oxygen atoms in total. The highest BCUT2D eigenvalue weighted by molar-refractivity contribution is 14.1. The number of rotatable bonds is 5. The Balaban J connectivity index is 1.98. The van der Waals surface area contributed by atoms with Gasteiger partial charge in [0.1, 0.15) is 0 Å². The molecule has 1 aliphatic rings. The van der Waals surface area contributed by atoms with Crippen LogP contribution in [0.4, 0.5) is 0 Å². The summed E-state index contributed by atoms with van der Waals surface area (Å²) in [5.74, 6) is 0. The molecule has 2 rings (SSSR count). The number of hydrogen-bond acceptors (Lipinski definition) is 2. The number of ether oxygens (including phenoxy) is 1. The summed E-state index contributed by atoms with van der Waals surface area (Å²) in [4.78, 5) is 0. The third-order valence-corrected chi connectivity index (χ3v) is 3.97. The second-order valence-corrected chi connectivity index (χ2v) is 5.79. The van der Waals surface area contributed by atoms with E-state index in [4.69, 9.17) is 4.74 Å². The molecular formula is C14H20INO. The predicted molar refractivity (Wildman–Crippen MR) is 79.3 cm³/mol. The van der Waals surface area contributed by atoms with E-state index in [9.17, 15) is 0 Å². The number of likely N-dealkylation sites (N-methyl/N-ethyl adjacent to an activating group) is 1. The van der Waals surface area contributed by atoms with Gasteiger partial charge in [-0.1, -0.05) is 19.1 Å². The van der Waals surface area contributed by atoms with E-state index in [0.717, 1.165) is 19.6 Å². The molecule has 0 spiro atoms. The minimum Gasteiger partial charge on any atom is -0.377 e. The number of halogens is 1. The van der Waals surface area contributed by atoms with Crippen LogP contribution in [0.15, 0.2) is 24.3 Å². The highest BCUT2D eigenvalue weighted by Crippen LogP contribution is 2.19. The number of hydrogen-bond donors (Lipinski definition) is 1. The molecule has 1 aliphatic heterocycles. The fourth-order valence-corrected chi connectivity index (χ4v) is 2.75. The molecular weight excluding hydrogens is 325 g/mol. The summed E-state index contributed by atoms with van der Waals surface area (Å²) in [5, 5.41) is 3.56. The molecule has 3 heteroatoms. The third kappa shape index (κ3) is 3.93. The van der Waals surface area contributed by atoms with Gasteiger partial charge in [-0.25, -0.2) is 0 Å². The van der Waals surface area contributed by atoms with Crippen LogP contribution in [0, 0.1) is 3.57 Å². The lowest BCUT2D eigenvalue weighted by molar-refractivity contribution is 0.0789. The lowest BCUT2D eigenvalue weighted by Crippen LogP contribution is -2.41. The van der Waals surface area contributed by atoms with Gasteiger partial charge in [-0.2, -0.15) is 0 Å². The van der Waals surface area contributed by atoms with Gasteiger partial charge < -0.3 is 10.1 Å². The topological polar surface area (TPSA) is 21.3 Å². The van der Waals surface area contributed by atoms with Crippen LogP contribution >= 0.6 is 22.6 Å². The van der Waals surface area contributed by atoms with Crippen molar-refractivity contribution in [3.05, 3.63) is 33.4 Å². The molecule has 1 heterocycles. The van der Waals surface area contributed by atoms with E-state index in [1.54, 1.807) is 0 Å². The quantitative estimate of drug-likeness (QED) is 0.829. The lowest BCUT2D eigenvalue weighted by Gasteiger charge is -2.24. The summed E-state index contributed by atoms with van der Waals surface area (Å²) < 4.78 is 7.09. The molecule has 0 aromatic heterocycles. The van der Waals surface area contributed by atoms with Crippen LogP contribution in [0.3, 0.4) is 0 Å². The van der Waals surface area contributed by atoms with Crippen LogP contribution in [0.2, 0.25) is 0 Å². The van der Waals surface area contributed by atoms with Crippen molar-refractivity contribution < 1.29 is 4.74 Å². The maximum Gasteiger partial charge on any atom is 0.0732 e. The Morgan fingerprint density at radius 3 is 2.76 bits per heavy atom. The van der Waals surface area contributed by atoms with E-state index < -0.39 is 0 Å². The number of benzene rings is 1. The van der Waals surface area contributed by atoms with Crippen LogP contribution < -0.4 is 5.32 Å². The summed E-state index contributed by atoms with van der Waals surface area (Å²) in [6, 6.07) is 9.26. The van der Waals surface area contributed by atoms with Gasteiger partial charge in [-0.3, -0.25) is 0 Å². The first-order chi connectivity index (χ1) is 8.29. The molecule has 0 aliphatic carbocycles. The average molecular weight is 345 g/mol. The molecule has 0 amide bonds. The zero-order valence-electron chi connectivity index (χ0n) is 10.3. The first-order valence-corrected chi connectivity index (χ1v) is 7.47. The minimum atomic E-state index is 0.397. The van der Waals surface area contributed by atoms with Gasteiger partial charge in [0.25, 0.3) is 0 Å². The molecule has 1 aromatic carbocycles. The largest absolute Gasteiger partial charge is 0.377 e. The van der Waals surface area contributed by atoms with Crippen molar-refractivity contribution in [2.45, 2.75) is 38.3 Å². The fourth-order valence-electron chi connectivity index (χ4n) is 2.39. The van der Waals surface area contributed by atoms with Crippen molar-refractivity contribution >= 4 is 22.6 Å². The molecule has 1 N–H and O–H groups in total. The highest BCUT2D eigenvalue weighted by Gasteiger charge is 2.25. The SMILES string of the molecule is CCNC(Cc1ccc(I)cc1)C1CCCO1. The Labute approximate surface area is 117 Å². The zero-order chi connectivity index (χ0) is 12.1. The molecule has 94 valence electrons. The molecule has 1 saturated heterocycles. The van der Waals surface area contributed by atoms with Crippen LogP contribution in [0.1, 0.15) is 25.3 Å². The van der Waals surface area contributed by atoms with Crippen molar-refractivity contribution in [3.63, 3.8) is 0 Å². The van der Waals surface area contributed by atoms with Crippen LogP contribution in [-0.4, -0.2) is 25.3 Å². The molecule has 0 bridgehead atoms. The van der Waals surface area contributed by atoms with Crippen molar-refractivity contribution in [2.24, 2.45) is 0 Å². The van der Waals surface area contributed by atoms with E-state index in [1.807, 2.05) is 0 Å². The predicted octanol–water partition coefficient (Wildman–Crippen LogP) is 2.99. The Morgan fingerprint density at radius 1 is 1.41 bits per heavy atom. The maximum atomic E-state index is 5.80. The van der Waals surface area contributed by atoms with Crippen molar-refractivity contribution in [1.29, 1.82) is 0 Å². The summed E-state index contributed by atoms with van der Waals surface area (Å²) >= 11 is 2.34. The first-order valence-electron chi connectivity index (χ1n) is 6.39. The van der Waals surface area contributed by atoms with Gasteiger partial charge in [0.15, 0.2) is 0 Å². The standard InChI is InChI=1S/C14H20INO/c1-2-16-13(14-4-3-9-17-14)10-11-5-7-12(15)8-6-11/h5-8,13-14,16H,2-4,9-10H2,1H3. The summed E-state index contributed by atoms with van der Waals surface area (Å²) in [6.07, 6.45) is 3.87. The van der Waals surface area contributed by atoms with E-state index in [-0.39, 0.29) is 0 Å². The molecule has 17 heavy (non-hydrogen) atoms. The Hall–Kier alpha value is -0.130. The second-order valence-electron chi connectivity index (χ2n) is 4.55. The zero-order valence-corrected chi connectivity index (χ0v) is 12.4. The molecule has 0 radical (unpaired) electrons. The Bertz CT molecular complexity index is 333. The normalized spacial score (nSPS) is 21.6. The summed E-state index contributed by atoms with van der Waals surface area (Å²) in [6.45, 7) is 4.10. The maximum absolute atomic E-state index is 5.80. The molecule has 0 saturated carbocycles. The molecule has 2 unspecified atom stereocenters. The van der Waals surface area contributed by atoms with Gasteiger partial charge in [0, 0.05) is 16.2 Å². The third-order valence-electron chi connectivity index (χ3n) is 3.25. The van der Waals surface area contributed by atoms with E-state index >= 15 is 0 Å². The Morgan fingerprint density at radius 2 is 2.18 bits per heavy atom. The minimum absolute atomic E-state index is 0.397. The van der Waals surface area contributed by atoms with Gasteiger partial charge in [0.05, 0.1) is 6.10 Å². The van der Waals surface area contributed by atoms with Gasteiger partial charge in [-0.05, 0) is 66.1 Å². The van der Waals surface area contributed by atoms with Crippen molar-refractivity contribution in [2.75, 3.05) is 13.2 Å². The van der Waals surface area contributed by atoms with Gasteiger partial charge in [-0.15, -0.1) is 0 Å². The van der Waals surface area contributed by atoms with Gasteiger partial charge in [0.2, 0.25) is 0 Å². The van der Waals surface area contributed by atoms with Crippen LogP contribution in [0.25, 0.3) is 0 Å². The van der Waals surface area contributed by atoms with Crippen LogP contribution in [0.5, 0.6) is 0 Å². The summed E-state index contributed by atoms with van der Waals surface area (Å²) in [7, 11) is 0. The smallest absolute Gasteiger partial charge is 0.0732 e. The average Bonchev–Trinajstić information content (AvgIpc) is 2.85. The highest BCUT2D eigenvalue weighted by atomic mass is 127.